The van der Waals surface area contributed by atoms with Crippen molar-refractivity contribution in [2.45, 2.75) is 25.8 Å². The Morgan fingerprint density at radius 3 is 3.00 bits per heavy atom. The monoisotopic (exact) mass is 252 g/mol. The summed E-state index contributed by atoms with van der Waals surface area (Å²) in [6.45, 7) is 2.86. The molecule has 0 saturated carbocycles. The van der Waals surface area contributed by atoms with Gasteiger partial charge in [-0.15, -0.1) is 0 Å². The van der Waals surface area contributed by atoms with Crippen LogP contribution in [0.25, 0.3) is 0 Å². The summed E-state index contributed by atoms with van der Waals surface area (Å²) < 4.78 is 13.1. The number of phenolic OH excluding ortho intramolecular Hbond substituents is 1. The Balaban J connectivity index is 2.00. The van der Waals surface area contributed by atoms with E-state index >= 15 is 0 Å². The van der Waals surface area contributed by atoms with Gasteiger partial charge in [-0.1, -0.05) is 0 Å². The second-order valence-corrected chi connectivity index (χ2v) is 4.73. The third kappa shape index (κ3) is 2.98. The smallest absolute Gasteiger partial charge is 0.227 e. The maximum Gasteiger partial charge on any atom is 0.227 e. The van der Waals surface area contributed by atoms with Crippen molar-refractivity contribution in [1.29, 1.82) is 0 Å². The summed E-state index contributed by atoms with van der Waals surface area (Å²) >= 11 is 0. The summed E-state index contributed by atoms with van der Waals surface area (Å²) in [5.74, 6) is -1.28. The minimum Gasteiger partial charge on any atom is -0.505 e. The van der Waals surface area contributed by atoms with E-state index in [1.807, 2.05) is 6.92 Å². The number of anilines is 1. The predicted molar refractivity (Wildman–Crippen MR) is 66.9 cm³/mol. The zero-order chi connectivity index (χ0) is 13.1. The molecule has 0 bridgehead atoms. The van der Waals surface area contributed by atoms with Crippen molar-refractivity contribution in [2.24, 2.45) is 5.92 Å². The minimum atomic E-state index is -0.730. The SMILES string of the molecule is CC1CC(C(=O)Nc2ccc(O)c(F)c2)CCN1. The van der Waals surface area contributed by atoms with Crippen molar-refractivity contribution in [1.82, 2.24) is 5.32 Å². The summed E-state index contributed by atoms with van der Waals surface area (Å²) in [4.78, 5) is 12.0. The first kappa shape index (κ1) is 12.8. The number of phenols is 1. The van der Waals surface area contributed by atoms with Crippen molar-refractivity contribution in [3.8, 4) is 5.75 Å². The van der Waals surface area contributed by atoms with Crippen LogP contribution in [0.15, 0.2) is 18.2 Å². The molecular formula is C13H17FN2O2. The summed E-state index contributed by atoms with van der Waals surface area (Å²) in [5, 5.41) is 15.0. The van der Waals surface area contributed by atoms with E-state index in [1.165, 1.54) is 12.1 Å². The van der Waals surface area contributed by atoms with Crippen LogP contribution < -0.4 is 10.6 Å². The summed E-state index contributed by atoms with van der Waals surface area (Å²) in [7, 11) is 0. The molecule has 2 rings (SSSR count). The fourth-order valence-electron chi connectivity index (χ4n) is 2.20. The summed E-state index contributed by atoms with van der Waals surface area (Å²) in [6.07, 6.45) is 1.57. The van der Waals surface area contributed by atoms with Gasteiger partial charge in [-0.2, -0.15) is 0 Å². The number of carbonyl (C=O) groups is 1. The number of piperidine rings is 1. The molecule has 5 heteroatoms. The van der Waals surface area contributed by atoms with Crippen LogP contribution in [0.4, 0.5) is 10.1 Å². The van der Waals surface area contributed by atoms with Crippen molar-refractivity contribution >= 4 is 11.6 Å². The van der Waals surface area contributed by atoms with Crippen LogP contribution in [-0.4, -0.2) is 23.6 Å². The number of aromatic hydroxyl groups is 1. The second kappa shape index (κ2) is 5.35. The molecule has 4 nitrogen and oxygen atoms in total. The molecule has 1 saturated heterocycles. The van der Waals surface area contributed by atoms with Gasteiger partial charge in [0.2, 0.25) is 5.91 Å². The van der Waals surface area contributed by atoms with Crippen LogP contribution in [0.2, 0.25) is 0 Å². The zero-order valence-electron chi connectivity index (χ0n) is 10.2. The number of halogens is 1. The Labute approximate surface area is 105 Å². The average Bonchev–Trinajstić information content (AvgIpc) is 2.34. The molecule has 1 aromatic carbocycles. The Kier molecular flexibility index (Phi) is 3.81. The first-order valence-corrected chi connectivity index (χ1v) is 6.09. The van der Waals surface area contributed by atoms with Crippen molar-refractivity contribution in [2.75, 3.05) is 11.9 Å². The minimum absolute atomic E-state index is 0.0434. The third-order valence-corrected chi connectivity index (χ3v) is 3.21. The lowest BCUT2D eigenvalue weighted by atomic mass is 9.92. The van der Waals surface area contributed by atoms with E-state index in [0.29, 0.717) is 11.7 Å². The Morgan fingerprint density at radius 1 is 1.56 bits per heavy atom. The quantitative estimate of drug-likeness (QED) is 0.704. The first-order chi connectivity index (χ1) is 8.56. The van der Waals surface area contributed by atoms with E-state index in [2.05, 4.69) is 10.6 Å². The van der Waals surface area contributed by atoms with Gasteiger partial charge < -0.3 is 15.7 Å². The molecule has 3 N–H and O–H groups in total. The molecule has 1 heterocycles. The van der Waals surface area contributed by atoms with Gasteiger partial charge >= 0.3 is 0 Å². The fraction of sp³-hybridized carbons (Fsp3) is 0.462. The molecule has 2 atom stereocenters. The lowest BCUT2D eigenvalue weighted by Crippen LogP contribution is -2.40. The highest BCUT2D eigenvalue weighted by Crippen LogP contribution is 2.22. The van der Waals surface area contributed by atoms with Crippen molar-refractivity contribution in [3.05, 3.63) is 24.0 Å². The molecule has 0 aromatic heterocycles. The average molecular weight is 252 g/mol. The maximum absolute atomic E-state index is 13.1. The Bertz CT molecular complexity index is 451. The van der Waals surface area contributed by atoms with Crippen LogP contribution in [0.3, 0.4) is 0 Å². The van der Waals surface area contributed by atoms with Gasteiger partial charge in [-0.05, 0) is 38.4 Å². The topological polar surface area (TPSA) is 61.4 Å². The summed E-state index contributed by atoms with van der Waals surface area (Å²) in [5.41, 5.74) is 0.376. The lowest BCUT2D eigenvalue weighted by molar-refractivity contribution is -0.120. The van der Waals surface area contributed by atoms with E-state index in [0.717, 1.165) is 25.5 Å². The van der Waals surface area contributed by atoms with Gasteiger partial charge in [0.1, 0.15) is 0 Å². The second-order valence-electron chi connectivity index (χ2n) is 4.73. The number of hydrogen-bond donors (Lipinski definition) is 3. The maximum atomic E-state index is 13.1. The normalized spacial score (nSPS) is 23.7. The number of amides is 1. The van der Waals surface area contributed by atoms with Crippen LogP contribution in [0.1, 0.15) is 19.8 Å². The lowest BCUT2D eigenvalue weighted by Gasteiger charge is -2.27. The third-order valence-electron chi connectivity index (χ3n) is 3.21. The molecule has 1 aliphatic heterocycles. The van der Waals surface area contributed by atoms with Gasteiger partial charge in [0.05, 0.1) is 0 Å². The number of carbonyl (C=O) groups excluding carboxylic acids is 1. The standard InChI is InChI=1S/C13H17FN2O2/c1-8-6-9(4-5-15-8)13(18)16-10-2-3-12(17)11(14)7-10/h2-3,7-9,15,17H,4-6H2,1H3,(H,16,18). The molecular weight excluding hydrogens is 235 g/mol. The van der Waals surface area contributed by atoms with E-state index in [1.54, 1.807) is 0 Å². The van der Waals surface area contributed by atoms with Crippen LogP contribution in [0.5, 0.6) is 5.75 Å². The van der Waals surface area contributed by atoms with E-state index in [9.17, 15) is 9.18 Å². The summed E-state index contributed by atoms with van der Waals surface area (Å²) in [6, 6.07) is 4.17. The van der Waals surface area contributed by atoms with Gasteiger partial charge in [0.15, 0.2) is 11.6 Å². The fourth-order valence-corrected chi connectivity index (χ4v) is 2.20. The van der Waals surface area contributed by atoms with Gasteiger partial charge in [-0.25, -0.2) is 4.39 Å². The van der Waals surface area contributed by atoms with Crippen molar-refractivity contribution < 1.29 is 14.3 Å². The highest BCUT2D eigenvalue weighted by Gasteiger charge is 2.24. The molecule has 0 spiro atoms. The highest BCUT2D eigenvalue weighted by molar-refractivity contribution is 5.92. The first-order valence-electron chi connectivity index (χ1n) is 6.09. The molecule has 1 amide bonds. The molecule has 1 fully saturated rings. The zero-order valence-corrected chi connectivity index (χ0v) is 10.2. The van der Waals surface area contributed by atoms with E-state index in [-0.39, 0.29) is 11.8 Å². The molecule has 18 heavy (non-hydrogen) atoms. The van der Waals surface area contributed by atoms with Crippen molar-refractivity contribution in [3.63, 3.8) is 0 Å². The van der Waals surface area contributed by atoms with Gasteiger partial charge in [-0.3, -0.25) is 4.79 Å². The Hall–Kier alpha value is -1.62. The molecule has 0 aliphatic carbocycles. The number of hydrogen-bond acceptors (Lipinski definition) is 3. The van der Waals surface area contributed by atoms with Gasteiger partial charge in [0, 0.05) is 23.7 Å². The van der Waals surface area contributed by atoms with E-state index in [4.69, 9.17) is 5.11 Å². The predicted octanol–water partition coefficient (Wildman–Crippen LogP) is 1.86. The van der Waals surface area contributed by atoms with Crippen LogP contribution in [-0.2, 0) is 4.79 Å². The molecule has 0 radical (unpaired) electrons. The number of nitrogens with one attached hydrogen (secondary N) is 2. The highest BCUT2D eigenvalue weighted by atomic mass is 19.1. The molecule has 98 valence electrons. The van der Waals surface area contributed by atoms with Crippen LogP contribution >= 0.6 is 0 Å². The largest absolute Gasteiger partial charge is 0.505 e. The molecule has 1 aliphatic rings. The van der Waals surface area contributed by atoms with Crippen LogP contribution in [0, 0.1) is 11.7 Å². The van der Waals surface area contributed by atoms with Gasteiger partial charge in [0.25, 0.3) is 0 Å². The van der Waals surface area contributed by atoms with E-state index < -0.39 is 11.6 Å². The number of benzene rings is 1. The molecule has 2 unspecified atom stereocenters. The number of rotatable bonds is 2. The Morgan fingerprint density at radius 2 is 2.33 bits per heavy atom. The molecule has 1 aromatic rings.